The zero-order valence-corrected chi connectivity index (χ0v) is 11.6. The van der Waals surface area contributed by atoms with Crippen LogP contribution in [0.15, 0.2) is 18.2 Å². The molecule has 2 N–H and O–H groups in total. The molecule has 1 fully saturated rings. The minimum absolute atomic E-state index is 0. The predicted molar refractivity (Wildman–Crippen MR) is 75.5 cm³/mol. The summed E-state index contributed by atoms with van der Waals surface area (Å²) >= 11 is 0. The number of nitrogens with one attached hydrogen (secondary N) is 2. The Morgan fingerprint density at radius 2 is 2.11 bits per heavy atom. The van der Waals surface area contributed by atoms with Crippen molar-refractivity contribution in [1.29, 1.82) is 0 Å². The van der Waals surface area contributed by atoms with E-state index in [0.29, 0.717) is 12.6 Å². The van der Waals surface area contributed by atoms with Crippen molar-refractivity contribution in [2.45, 2.75) is 32.0 Å². The lowest BCUT2D eigenvalue weighted by atomic mass is 10.0. The van der Waals surface area contributed by atoms with E-state index in [0.717, 1.165) is 30.8 Å². The molecule has 1 aromatic rings. The summed E-state index contributed by atoms with van der Waals surface area (Å²) in [6.07, 6.45) is 2.37. The molecule has 1 saturated heterocycles. The van der Waals surface area contributed by atoms with Crippen molar-refractivity contribution in [3.8, 4) is 0 Å². The quantitative estimate of drug-likeness (QED) is 0.827. The highest BCUT2D eigenvalue weighted by atomic mass is 35.5. The number of cyclic esters (lactones) is 1. The third kappa shape index (κ3) is 3.26. The zero-order chi connectivity index (χ0) is 12.4. The van der Waals surface area contributed by atoms with Gasteiger partial charge in [-0.1, -0.05) is 12.1 Å². The molecule has 0 atom stereocenters. The van der Waals surface area contributed by atoms with Crippen molar-refractivity contribution in [2.24, 2.45) is 0 Å². The van der Waals surface area contributed by atoms with Crippen LogP contribution in [-0.2, 0) is 17.9 Å². The SMILES string of the molecule is Cl.O=C1OCc2cc(CNC3CCNCC3)ccc21. The average molecular weight is 283 g/mol. The number of fused-ring (bicyclic) bond motifs is 1. The van der Waals surface area contributed by atoms with Crippen molar-refractivity contribution in [1.82, 2.24) is 10.6 Å². The van der Waals surface area contributed by atoms with E-state index in [4.69, 9.17) is 4.74 Å². The van der Waals surface area contributed by atoms with Crippen LogP contribution in [0, 0.1) is 0 Å². The number of piperidine rings is 1. The van der Waals surface area contributed by atoms with E-state index >= 15 is 0 Å². The van der Waals surface area contributed by atoms with E-state index in [9.17, 15) is 4.79 Å². The summed E-state index contributed by atoms with van der Waals surface area (Å²) in [5, 5.41) is 6.93. The first kappa shape index (κ1) is 14.3. The van der Waals surface area contributed by atoms with Gasteiger partial charge in [0.05, 0.1) is 5.56 Å². The molecule has 2 aliphatic heterocycles. The van der Waals surface area contributed by atoms with Gasteiger partial charge >= 0.3 is 5.97 Å². The van der Waals surface area contributed by atoms with Gasteiger partial charge in [0.1, 0.15) is 6.61 Å². The maximum Gasteiger partial charge on any atom is 0.338 e. The predicted octanol–water partition coefficient (Wildman–Crippen LogP) is 1.62. The van der Waals surface area contributed by atoms with Crippen molar-refractivity contribution < 1.29 is 9.53 Å². The highest BCUT2D eigenvalue weighted by Gasteiger charge is 2.21. The van der Waals surface area contributed by atoms with Gasteiger partial charge in [-0.3, -0.25) is 0 Å². The number of carbonyl (C=O) groups excluding carboxylic acids is 1. The molecule has 1 aromatic carbocycles. The summed E-state index contributed by atoms with van der Waals surface area (Å²) in [7, 11) is 0. The number of hydrogen-bond acceptors (Lipinski definition) is 4. The second-order valence-corrected chi connectivity index (χ2v) is 4.97. The Labute approximate surface area is 119 Å². The van der Waals surface area contributed by atoms with Gasteiger partial charge in [-0.2, -0.15) is 0 Å². The van der Waals surface area contributed by atoms with Crippen molar-refractivity contribution in [3.63, 3.8) is 0 Å². The van der Waals surface area contributed by atoms with Crippen LogP contribution in [-0.4, -0.2) is 25.1 Å². The summed E-state index contributed by atoms with van der Waals surface area (Å²) in [6, 6.07) is 6.58. The average Bonchev–Trinajstić information content (AvgIpc) is 2.79. The first-order chi connectivity index (χ1) is 8.83. The third-order valence-corrected chi connectivity index (χ3v) is 3.68. The number of halogens is 1. The van der Waals surface area contributed by atoms with Crippen molar-refractivity contribution in [2.75, 3.05) is 13.1 Å². The molecule has 104 valence electrons. The summed E-state index contributed by atoms with van der Waals surface area (Å²) < 4.78 is 5.01. The fourth-order valence-corrected chi connectivity index (χ4v) is 2.58. The van der Waals surface area contributed by atoms with Crippen LogP contribution < -0.4 is 10.6 Å². The Kier molecular flexibility index (Phi) is 4.80. The molecule has 0 radical (unpaired) electrons. The smallest absolute Gasteiger partial charge is 0.338 e. The molecule has 5 heteroatoms. The van der Waals surface area contributed by atoms with E-state index in [1.54, 1.807) is 0 Å². The highest BCUT2D eigenvalue weighted by Crippen LogP contribution is 2.21. The molecule has 0 aliphatic carbocycles. The molecule has 2 heterocycles. The van der Waals surface area contributed by atoms with E-state index in [-0.39, 0.29) is 18.4 Å². The minimum atomic E-state index is -0.192. The summed E-state index contributed by atoms with van der Waals surface area (Å²) in [6.45, 7) is 3.50. The van der Waals surface area contributed by atoms with Crippen LogP contribution in [0.4, 0.5) is 0 Å². The molecule has 0 saturated carbocycles. The maximum absolute atomic E-state index is 11.3. The van der Waals surface area contributed by atoms with Gasteiger partial charge in [0.25, 0.3) is 0 Å². The first-order valence-electron chi connectivity index (χ1n) is 6.56. The first-order valence-corrected chi connectivity index (χ1v) is 6.56. The highest BCUT2D eigenvalue weighted by molar-refractivity contribution is 5.93. The van der Waals surface area contributed by atoms with Crippen molar-refractivity contribution >= 4 is 18.4 Å². The molecule has 0 unspecified atom stereocenters. The van der Waals surface area contributed by atoms with Gasteiger partial charge in [0.15, 0.2) is 0 Å². The van der Waals surface area contributed by atoms with Crippen molar-refractivity contribution in [3.05, 3.63) is 34.9 Å². The molecule has 2 aliphatic rings. The Bertz CT molecular complexity index is 459. The van der Waals surface area contributed by atoms with E-state index in [1.165, 1.54) is 18.4 Å². The summed E-state index contributed by atoms with van der Waals surface area (Å²) in [5.74, 6) is -0.192. The van der Waals surface area contributed by atoms with Crippen LogP contribution >= 0.6 is 12.4 Å². The minimum Gasteiger partial charge on any atom is -0.457 e. The van der Waals surface area contributed by atoms with Crippen LogP contribution in [0.3, 0.4) is 0 Å². The number of rotatable bonds is 3. The Morgan fingerprint density at radius 3 is 2.89 bits per heavy atom. The monoisotopic (exact) mass is 282 g/mol. The van der Waals surface area contributed by atoms with Gasteiger partial charge in [0.2, 0.25) is 0 Å². The molecular weight excluding hydrogens is 264 g/mol. The van der Waals surface area contributed by atoms with E-state index in [1.807, 2.05) is 12.1 Å². The van der Waals surface area contributed by atoms with Crippen LogP contribution in [0.2, 0.25) is 0 Å². The molecule has 4 nitrogen and oxygen atoms in total. The van der Waals surface area contributed by atoms with E-state index in [2.05, 4.69) is 16.7 Å². The van der Waals surface area contributed by atoms with Gasteiger partial charge in [-0.05, 0) is 37.6 Å². The van der Waals surface area contributed by atoms with Gasteiger partial charge in [-0.15, -0.1) is 12.4 Å². The lowest BCUT2D eigenvalue weighted by Crippen LogP contribution is -2.39. The molecule has 19 heavy (non-hydrogen) atoms. The lowest BCUT2D eigenvalue weighted by Gasteiger charge is -2.23. The second kappa shape index (κ2) is 6.37. The van der Waals surface area contributed by atoms with Gasteiger partial charge in [0, 0.05) is 18.2 Å². The Balaban J connectivity index is 0.00000133. The standard InChI is InChI=1S/C14H18N2O2.ClH/c17-14-13-2-1-10(7-11(13)9-18-14)8-16-12-3-5-15-6-4-12;/h1-2,7,12,15-16H,3-6,8-9H2;1H. The zero-order valence-electron chi connectivity index (χ0n) is 10.8. The molecule has 0 bridgehead atoms. The number of benzene rings is 1. The Hall–Kier alpha value is -1.10. The summed E-state index contributed by atoms with van der Waals surface area (Å²) in [5.41, 5.74) is 2.97. The molecular formula is C14H19ClN2O2. The van der Waals surface area contributed by atoms with Crippen LogP contribution in [0.1, 0.15) is 34.3 Å². The molecule has 0 aromatic heterocycles. The molecule has 0 amide bonds. The largest absolute Gasteiger partial charge is 0.457 e. The van der Waals surface area contributed by atoms with Gasteiger partial charge in [-0.25, -0.2) is 4.79 Å². The summed E-state index contributed by atoms with van der Waals surface area (Å²) in [4.78, 5) is 11.3. The Morgan fingerprint density at radius 1 is 1.32 bits per heavy atom. The normalized spacial score (nSPS) is 18.6. The fraction of sp³-hybridized carbons (Fsp3) is 0.500. The number of carbonyl (C=O) groups is 1. The number of esters is 1. The van der Waals surface area contributed by atoms with Crippen LogP contribution in [0.25, 0.3) is 0 Å². The lowest BCUT2D eigenvalue weighted by molar-refractivity contribution is 0.0535. The number of ether oxygens (including phenoxy) is 1. The second-order valence-electron chi connectivity index (χ2n) is 4.97. The maximum atomic E-state index is 11.3. The van der Waals surface area contributed by atoms with Gasteiger partial charge < -0.3 is 15.4 Å². The third-order valence-electron chi connectivity index (χ3n) is 3.68. The molecule has 3 rings (SSSR count). The van der Waals surface area contributed by atoms with Crippen LogP contribution in [0.5, 0.6) is 0 Å². The number of hydrogen-bond donors (Lipinski definition) is 2. The topological polar surface area (TPSA) is 50.4 Å². The van der Waals surface area contributed by atoms with E-state index < -0.39 is 0 Å². The molecule has 0 spiro atoms. The fourth-order valence-electron chi connectivity index (χ4n) is 2.58.